The van der Waals surface area contributed by atoms with Gasteiger partial charge in [-0.2, -0.15) is 0 Å². The SMILES string of the molecule is CN1CCC(O)CC1C(CN1CCNCC1)c1ccc(Cl)c(Cl)c1. The van der Waals surface area contributed by atoms with E-state index in [0.717, 1.165) is 52.1 Å². The molecule has 2 aliphatic rings. The van der Waals surface area contributed by atoms with Gasteiger partial charge in [-0.3, -0.25) is 0 Å². The number of aliphatic hydroxyl groups excluding tert-OH is 1. The number of piperidine rings is 1. The van der Waals surface area contributed by atoms with Gasteiger partial charge in [0, 0.05) is 51.2 Å². The van der Waals surface area contributed by atoms with Gasteiger partial charge in [-0.1, -0.05) is 29.3 Å². The van der Waals surface area contributed by atoms with Gasteiger partial charge in [0.05, 0.1) is 16.1 Å². The standard InChI is InChI=1S/C18H27Cl2N3O/c1-22-7-4-14(24)11-18(22)15(12-23-8-5-21-6-9-23)13-2-3-16(19)17(20)10-13/h2-3,10,14-15,18,21,24H,4-9,11-12H2,1H3. The average Bonchev–Trinajstić information content (AvgIpc) is 2.59. The van der Waals surface area contributed by atoms with Crippen molar-refractivity contribution in [3.63, 3.8) is 0 Å². The van der Waals surface area contributed by atoms with Crippen LogP contribution in [0.15, 0.2) is 18.2 Å². The smallest absolute Gasteiger partial charge is 0.0595 e. The third-order valence-electron chi connectivity index (χ3n) is 5.40. The van der Waals surface area contributed by atoms with Gasteiger partial charge >= 0.3 is 0 Å². The molecular weight excluding hydrogens is 345 g/mol. The summed E-state index contributed by atoms with van der Waals surface area (Å²) in [5.41, 5.74) is 1.22. The van der Waals surface area contributed by atoms with Gasteiger partial charge in [0.1, 0.15) is 0 Å². The zero-order chi connectivity index (χ0) is 17.1. The highest BCUT2D eigenvalue weighted by molar-refractivity contribution is 6.42. The summed E-state index contributed by atoms with van der Waals surface area (Å²) in [4.78, 5) is 4.90. The molecule has 0 amide bonds. The first-order valence-electron chi connectivity index (χ1n) is 8.81. The average molecular weight is 372 g/mol. The number of benzene rings is 1. The highest BCUT2D eigenvalue weighted by Gasteiger charge is 2.33. The Hall–Kier alpha value is -0.360. The van der Waals surface area contributed by atoms with Gasteiger partial charge in [-0.05, 0) is 37.6 Å². The van der Waals surface area contributed by atoms with Crippen molar-refractivity contribution in [2.45, 2.75) is 30.9 Å². The predicted octanol–water partition coefficient (Wildman–Crippen LogP) is 2.44. The number of nitrogens with one attached hydrogen (secondary N) is 1. The molecule has 0 radical (unpaired) electrons. The molecule has 2 fully saturated rings. The lowest BCUT2D eigenvalue weighted by Crippen LogP contribution is -2.50. The number of rotatable bonds is 4. The van der Waals surface area contributed by atoms with Crippen LogP contribution in [0.5, 0.6) is 0 Å². The maximum atomic E-state index is 10.2. The second-order valence-electron chi connectivity index (χ2n) is 7.06. The Balaban J connectivity index is 1.85. The number of piperazine rings is 1. The summed E-state index contributed by atoms with van der Waals surface area (Å²) >= 11 is 12.4. The fourth-order valence-corrected chi connectivity index (χ4v) is 4.24. The number of nitrogens with zero attached hydrogens (tertiary/aromatic N) is 2. The zero-order valence-corrected chi connectivity index (χ0v) is 15.7. The molecule has 3 unspecified atom stereocenters. The van der Waals surface area contributed by atoms with Crippen LogP contribution in [0.4, 0.5) is 0 Å². The van der Waals surface area contributed by atoms with Crippen LogP contribution in [0.25, 0.3) is 0 Å². The number of likely N-dealkylation sites (N-methyl/N-ethyl adjacent to an activating group) is 1. The molecular formula is C18H27Cl2N3O. The Morgan fingerprint density at radius 1 is 1.21 bits per heavy atom. The van der Waals surface area contributed by atoms with Crippen molar-refractivity contribution in [3.05, 3.63) is 33.8 Å². The fourth-order valence-electron chi connectivity index (χ4n) is 3.93. The van der Waals surface area contributed by atoms with E-state index in [1.54, 1.807) is 0 Å². The lowest BCUT2D eigenvalue weighted by atomic mass is 9.84. The van der Waals surface area contributed by atoms with Crippen molar-refractivity contribution in [1.29, 1.82) is 0 Å². The molecule has 0 bridgehead atoms. The van der Waals surface area contributed by atoms with Crippen molar-refractivity contribution in [3.8, 4) is 0 Å². The molecule has 3 atom stereocenters. The highest BCUT2D eigenvalue weighted by Crippen LogP contribution is 2.34. The Morgan fingerprint density at radius 3 is 2.67 bits per heavy atom. The normalized spacial score (nSPS) is 28.0. The van der Waals surface area contributed by atoms with Crippen molar-refractivity contribution >= 4 is 23.2 Å². The summed E-state index contributed by atoms with van der Waals surface area (Å²) in [6.45, 7) is 6.13. The van der Waals surface area contributed by atoms with Crippen molar-refractivity contribution < 1.29 is 5.11 Å². The predicted molar refractivity (Wildman–Crippen MR) is 100 cm³/mol. The first-order valence-corrected chi connectivity index (χ1v) is 9.56. The van der Waals surface area contributed by atoms with Gasteiger partial charge < -0.3 is 20.2 Å². The number of hydrogen-bond acceptors (Lipinski definition) is 4. The third kappa shape index (κ3) is 4.43. The molecule has 6 heteroatoms. The van der Waals surface area contributed by atoms with Crippen LogP contribution in [0.1, 0.15) is 24.3 Å². The molecule has 3 rings (SSSR count). The molecule has 1 aromatic carbocycles. The van der Waals surface area contributed by atoms with Crippen LogP contribution in [0.3, 0.4) is 0 Å². The van der Waals surface area contributed by atoms with Gasteiger partial charge in [0.15, 0.2) is 0 Å². The van der Waals surface area contributed by atoms with Gasteiger partial charge in [-0.15, -0.1) is 0 Å². The van der Waals surface area contributed by atoms with E-state index in [9.17, 15) is 5.11 Å². The minimum Gasteiger partial charge on any atom is -0.393 e. The van der Waals surface area contributed by atoms with Crippen molar-refractivity contribution in [2.75, 3.05) is 46.3 Å². The summed E-state index contributed by atoms with van der Waals surface area (Å²) < 4.78 is 0. The van der Waals surface area contributed by atoms with E-state index >= 15 is 0 Å². The number of hydrogen-bond donors (Lipinski definition) is 2. The Labute approximate surface area is 154 Å². The molecule has 2 heterocycles. The van der Waals surface area contributed by atoms with E-state index in [2.05, 4.69) is 28.2 Å². The second kappa shape index (κ2) is 8.35. The van der Waals surface area contributed by atoms with E-state index in [4.69, 9.17) is 23.2 Å². The summed E-state index contributed by atoms with van der Waals surface area (Å²) in [7, 11) is 2.17. The first-order chi connectivity index (χ1) is 11.5. The quantitative estimate of drug-likeness (QED) is 0.852. The van der Waals surface area contributed by atoms with Crippen molar-refractivity contribution in [2.24, 2.45) is 0 Å². The van der Waals surface area contributed by atoms with E-state index in [-0.39, 0.29) is 6.10 Å². The zero-order valence-electron chi connectivity index (χ0n) is 14.2. The van der Waals surface area contributed by atoms with Gasteiger partial charge in [-0.25, -0.2) is 0 Å². The third-order valence-corrected chi connectivity index (χ3v) is 6.13. The molecule has 0 aromatic heterocycles. The molecule has 0 spiro atoms. The van der Waals surface area contributed by atoms with Crippen molar-refractivity contribution in [1.82, 2.24) is 15.1 Å². The monoisotopic (exact) mass is 371 g/mol. The van der Waals surface area contributed by atoms with E-state index < -0.39 is 0 Å². The molecule has 134 valence electrons. The van der Waals surface area contributed by atoms with Gasteiger partial charge in [0.2, 0.25) is 0 Å². The molecule has 2 aliphatic heterocycles. The highest BCUT2D eigenvalue weighted by atomic mass is 35.5. The largest absolute Gasteiger partial charge is 0.393 e. The van der Waals surface area contributed by atoms with Crippen LogP contribution in [-0.2, 0) is 0 Å². The Kier molecular flexibility index (Phi) is 6.41. The van der Waals surface area contributed by atoms with E-state index in [1.165, 1.54) is 5.56 Å². The molecule has 4 nitrogen and oxygen atoms in total. The summed E-state index contributed by atoms with van der Waals surface area (Å²) in [5, 5.41) is 14.8. The molecule has 24 heavy (non-hydrogen) atoms. The lowest BCUT2D eigenvalue weighted by molar-refractivity contribution is 0.0376. The van der Waals surface area contributed by atoms with Crippen LogP contribution in [-0.4, -0.2) is 73.4 Å². The maximum absolute atomic E-state index is 10.2. The minimum atomic E-state index is -0.209. The molecule has 0 aliphatic carbocycles. The molecule has 2 saturated heterocycles. The fraction of sp³-hybridized carbons (Fsp3) is 0.667. The number of likely N-dealkylation sites (tertiary alicyclic amines) is 1. The Bertz CT molecular complexity index is 551. The van der Waals surface area contributed by atoms with E-state index in [1.807, 2.05) is 12.1 Å². The van der Waals surface area contributed by atoms with Crippen LogP contribution >= 0.6 is 23.2 Å². The van der Waals surface area contributed by atoms with Crippen LogP contribution in [0, 0.1) is 0 Å². The van der Waals surface area contributed by atoms with Crippen LogP contribution < -0.4 is 5.32 Å². The maximum Gasteiger partial charge on any atom is 0.0595 e. The second-order valence-corrected chi connectivity index (χ2v) is 7.87. The van der Waals surface area contributed by atoms with Crippen LogP contribution in [0.2, 0.25) is 10.0 Å². The first kappa shape index (κ1) is 18.4. The molecule has 2 N–H and O–H groups in total. The topological polar surface area (TPSA) is 38.7 Å². The number of halogens is 2. The summed E-state index contributed by atoms with van der Waals surface area (Å²) in [6.07, 6.45) is 1.46. The molecule has 0 saturated carbocycles. The Morgan fingerprint density at radius 2 is 1.96 bits per heavy atom. The van der Waals surface area contributed by atoms with E-state index in [0.29, 0.717) is 22.0 Å². The minimum absolute atomic E-state index is 0.209. The van der Waals surface area contributed by atoms with Gasteiger partial charge in [0.25, 0.3) is 0 Å². The summed E-state index contributed by atoms with van der Waals surface area (Å²) in [5.74, 6) is 0.317. The number of aliphatic hydroxyl groups is 1. The lowest BCUT2D eigenvalue weighted by Gasteiger charge is -2.42. The summed E-state index contributed by atoms with van der Waals surface area (Å²) in [6, 6.07) is 6.31. The molecule has 1 aromatic rings.